The molecule has 0 unspecified atom stereocenters. The summed E-state index contributed by atoms with van der Waals surface area (Å²) in [5.74, 6) is -0.477. The number of hydrogen-bond donors (Lipinski definition) is 3. The monoisotopic (exact) mass is 435 g/mol. The van der Waals surface area contributed by atoms with Gasteiger partial charge in [0.15, 0.2) is 9.01 Å². The number of phosphoric acid groups is 1. The van der Waals surface area contributed by atoms with Gasteiger partial charge in [0.2, 0.25) is 5.91 Å². The lowest BCUT2D eigenvalue weighted by Gasteiger charge is -2.09. The molecule has 0 saturated heterocycles. The molecule has 0 aliphatic rings. The van der Waals surface area contributed by atoms with Crippen molar-refractivity contribution in [3.05, 3.63) is 40.3 Å². The van der Waals surface area contributed by atoms with Crippen LogP contribution in [0, 0.1) is 6.92 Å². The number of thiazole rings is 1. The molecule has 0 atom stereocenters. The van der Waals surface area contributed by atoms with Gasteiger partial charge in [-0.15, -0.1) is 0 Å². The Labute approximate surface area is 159 Å². The summed E-state index contributed by atoms with van der Waals surface area (Å²) in [6.07, 6.45) is 0. The first-order valence-corrected chi connectivity index (χ1v) is 11.3. The average Bonchev–Trinajstić information content (AvgIpc) is 2.84. The Morgan fingerprint density at radius 3 is 2.41 bits per heavy atom. The number of aromatic nitrogens is 1. The molecule has 0 spiro atoms. The molecule has 2 aromatic rings. The van der Waals surface area contributed by atoms with Crippen molar-refractivity contribution in [3.8, 4) is 5.75 Å². The van der Waals surface area contributed by atoms with Crippen LogP contribution in [0.3, 0.4) is 0 Å². The number of carbonyl (C=O) groups excluding carboxylic acids is 1. The first-order valence-electron chi connectivity index (χ1n) is 7.46. The fourth-order valence-electron chi connectivity index (χ4n) is 2.19. The summed E-state index contributed by atoms with van der Waals surface area (Å²) in [5, 5.41) is 0. The van der Waals surface area contributed by atoms with Crippen LogP contribution in [0.1, 0.15) is 18.2 Å². The van der Waals surface area contributed by atoms with E-state index in [2.05, 4.69) is 14.2 Å². The summed E-state index contributed by atoms with van der Waals surface area (Å²) in [4.78, 5) is 33.1. The molecule has 1 amide bonds. The first-order chi connectivity index (χ1) is 12.4. The summed E-state index contributed by atoms with van der Waals surface area (Å²) >= 11 is 0.874. The SMILES string of the molecule is CNS(=O)(=O)c1sc(=NC(C)=O)n(Cc2ccc(OP(=O)(O)O)cc2)c1C. The van der Waals surface area contributed by atoms with Gasteiger partial charge in [0.1, 0.15) is 5.75 Å². The van der Waals surface area contributed by atoms with E-state index in [0.29, 0.717) is 11.3 Å². The molecule has 27 heavy (non-hydrogen) atoms. The number of amides is 1. The lowest BCUT2D eigenvalue weighted by atomic mass is 10.2. The second-order valence-electron chi connectivity index (χ2n) is 5.41. The lowest BCUT2D eigenvalue weighted by molar-refractivity contribution is -0.116. The van der Waals surface area contributed by atoms with Gasteiger partial charge in [-0.1, -0.05) is 23.5 Å². The average molecular weight is 435 g/mol. The van der Waals surface area contributed by atoms with Gasteiger partial charge in [-0.25, -0.2) is 17.7 Å². The van der Waals surface area contributed by atoms with Gasteiger partial charge in [-0.3, -0.25) is 14.6 Å². The Hall–Kier alpha value is -1.82. The number of nitrogens with one attached hydrogen (secondary N) is 1. The van der Waals surface area contributed by atoms with E-state index < -0.39 is 23.8 Å². The predicted octanol–water partition coefficient (Wildman–Crippen LogP) is 0.733. The molecule has 1 aromatic carbocycles. The van der Waals surface area contributed by atoms with E-state index in [9.17, 15) is 17.8 Å². The van der Waals surface area contributed by atoms with Crippen LogP contribution in [0.15, 0.2) is 33.5 Å². The van der Waals surface area contributed by atoms with E-state index in [1.54, 1.807) is 23.6 Å². The summed E-state index contributed by atoms with van der Waals surface area (Å²) in [5.41, 5.74) is 1.09. The van der Waals surface area contributed by atoms with E-state index >= 15 is 0 Å². The standard InChI is InChI=1S/C14H18N3O7PS2/c1-9-13(27(22,23)15-3)26-14(16-10(2)18)17(9)8-11-4-6-12(7-5-11)24-25(19,20)21/h4-7,15H,8H2,1-3H3,(H2,19,20,21). The highest BCUT2D eigenvalue weighted by Crippen LogP contribution is 2.37. The van der Waals surface area contributed by atoms with Gasteiger partial charge < -0.3 is 9.09 Å². The van der Waals surface area contributed by atoms with E-state index in [1.165, 1.54) is 26.1 Å². The Bertz CT molecular complexity index is 1070. The van der Waals surface area contributed by atoms with Crippen LogP contribution in [-0.4, -0.2) is 35.7 Å². The number of rotatable bonds is 6. The van der Waals surface area contributed by atoms with Crippen molar-refractivity contribution in [2.45, 2.75) is 24.6 Å². The quantitative estimate of drug-likeness (QED) is 0.567. The van der Waals surface area contributed by atoms with Gasteiger partial charge in [-0.05, 0) is 31.7 Å². The topological polar surface area (TPSA) is 147 Å². The molecule has 148 valence electrons. The molecule has 0 radical (unpaired) electrons. The number of hydrogen-bond acceptors (Lipinski definition) is 6. The molecule has 0 aliphatic carbocycles. The molecule has 13 heteroatoms. The predicted molar refractivity (Wildman–Crippen MR) is 97.8 cm³/mol. The Morgan fingerprint density at radius 2 is 1.93 bits per heavy atom. The normalized spacial score (nSPS) is 13.0. The van der Waals surface area contributed by atoms with Crippen LogP contribution in [0.25, 0.3) is 0 Å². The molecule has 0 aliphatic heterocycles. The van der Waals surface area contributed by atoms with Crippen LogP contribution in [0.2, 0.25) is 0 Å². The summed E-state index contributed by atoms with van der Waals surface area (Å²) in [6, 6.07) is 5.89. The number of benzene rings is 1. The highest BCUT2D eigenvalue weighted by molar-refractivity contribution is 7.91. The van der Waals surface area contributed by atoms with Crippen LogP contribution < -0.4 is 14.0 Å². The van der Waals surface area contributed by atoms with Crippen molar-refractivity contribution >= 4 is 35.1 Å². The number of phosphoric ester groups is 1. The largest absolute Gasteiger partial charge is 0.524 e. The maximum absolute atomic E-state index is 12.2. The van der Waals surface area contributed by atoms with E-state index in [1.807, 2.05) is 0 Å². The third-order valence-electron chi connectivity index (χ3n) is 3.37. The highest BCUT2D eigenvalue weighted by Gasteiger charge is 2.22. The van der Waals surface area contributed by atoms with Crippen molar-refractivity contribution < 1.29 is 32.1 Å². The van der Waals surface area contributed by atoms with E-state index in [-0.39, 0.29) is 21.3 Å². The molecule has 3 N–H and O–H groups in total. The molecule has 10 nitrogen and oxygen atoms in total. The molecular formula is C14H18N3O7PS2. The maximum atomic E-state index is 12.2. The second kappa shape index (κ2) is 8.05. The summed E-state index contributed by atoms with van der Waals surface area (Å²) in [7, 11) is -7.07. The van der Waals surface area contributed by atoms with Crippen LogP contribution in [-0.2, 0) is 25.9 Å². The van der Waals surface area contributed by atoms with Gasteiger partial charge >= 0.3 is 7.82 Å². The van der Waals surface area contributed by atoms with Crippen molar-refractivity contribution in [2.24, 2.45) is 4.99 Å². The summed E-state index contributed by atoms with van der Waals surface area (Å²) < 4.78 is 43.5. The zero-order chi connectivity index (χ0) is 20.4. The molecule has 1 aromatic heterocycles. The van der Waals surface area contributed by atoms with Gasteiger partial charge in [0, 0.05) is 12.6 Å². The minimum Gasteiger partial charge on any atom is -0.404 e. The van der Waals surface area contributed by atoms with Crippen LogP contribution >= 0.6 is 19.2 Å². The number of nitrogens with zero attached hydrogens (tertiary/aromatic N) is 2. The summed E-state index contributed by atoms with van der Waals surface area (Å²) in [6.45, 7) is 3.06. The molecule has 1 heterocycles. The smallest absolute Gasteiger partial charge is 0.404 e. The third kappa shape index (κ3) is 5.58. The van der Waals surface area contributed by atoms with Crippen LogP contribution in [0.4, 0.5) is 0 Å². The van der Waals surface area contributed by atoms with Crippen molar-refractivity contribution in [3.63, 3.8) is 0 Å². The van der Waals surface area contributed by atoms with Crippen molar-refractivity contribution in [1.29, 1.82) is 0 Å². The van der Waals surface area contributed by atoms with E-state index in [0.717, 1.165) is 11.3 Å². The molecular weight excluding hydrogens is 417 g/mol. The van der Waals surface area contributed by atoms with Crippen molar-refractivity contribution in [1.82, 2.24) is 9.29 Å². The number of carbonyl (C=O) groups is 1. The van der Waals surface area contributed by atoms with Gasteiger partial charge in [0.05, 0.1) is 6.54 Å². The fraction of sp³-hybridized carbons (Fsp3) is 0.286. The Morgan fingerprint density at radius 1 is 1.33 bits per heavy atom. The maximum Gasteiger partial charge on any atom is 0.524 e. The first kappa shape index (κ1) is 21.5. The zero-order valence-electron chi connectivity index (χ0n) is 14.6. The zero-order valence-corrected chi connectivity index (χ0v) is 17.1. The van der Waals surface area contributed by atoms with Gasteiger partial charge in [0.25, 0.3) is 10.0 Å². The molecule has 0 bridgehead atoms. The Kier molecular flexibility index (Phi) is 6.40. The molecule has 0 fully saturated rings. The van der Waals surface area contributed by atoms with Crippen LogP contribution in [0.5, 0.6) is 5.75 Å². The number of sulfonamides is 1. The minimum absolute atomic E-state index is 0.00813. The molecule has 2 rings (SSSR count). The highest BCUT2D eigenvalue weighted by atomic mass is 32.2. The Balaban J connectivity index is 2.46. The van der Waals surface area contributed by atoms with E-state index in [4.69, 9.17) is 9.79 Å². The minimum atomic E-state index is -4.65. The second-order valence-corrected chi connectivity index (χ2v) is 9.63. The lowest BCUT2D eigenvalue weighted by Crippen LogP contribution is -2.20. The van der Waals surface area contributed by atoms with Gasteiger partial charge in [-0.2, -0.15) is 4.99 Å². The van der Waals surface area contributed by atoms with Crippen molar-refractivity contribution in [2.75, 3.05) is 7.05 Å². The molecule has 0 saturated carbocycles. The fourth-order valence-corrected chi connectivity index (χ4v) is 5.09. The third-order valence-corrected chi connectivity index (χ3v) is 7.02.